The Labute approximate surface area is 196 Å². The summed E-state index contributed by atoms with van der Waals surface area (Å²) in [6, 6.07) is 19.6. The molecule has 7 nitrogen and oxygen atoms in total. The fourth-order valence-electron chi connectivity index (χ4n) is 4.05. The molecule has 0 heterocycles. The standard InChI is InChI=1S/C26H24FNO6/c27-19-9-11-21(12-10-19)28(20-6-2-1-3-7-20)25(31)34-17-26(32)14-13-22-18(15-26)5-4-8-23(22)33-16-24(29)30/h1-12,32H,13-17H2,(H,29,30)/t26-/m1/s1. The van der Waals surface area contributed by atoms with Gasteiger partial charge in [0.05, 0.1) is 11.4 Å². The number of ether oxygens (including phenoxy) is 2. The van der Waals surface area contributed by atoms with E-state index in [1.807, 2.05) is 12.1 Å². The number of nitrogens with zero attached hydrogens (tertiary/aromatic N) is 1. The minimum Gasteiger partial charge on any atom is -0.482 e. The SMILES string of the molecule is O=C(O)COc1cccc2c1CC[C@](O)(COC(=O)N(c1ccccc1)c1ccc(F)cc1)C2. The van der Waals surface area contributed by atoms with Crippen LogP contribution in [0.3, 0.4) is 0 Å². The fraction of sp³-hybridized carbons (Fsp3) is 0.231. The lowest BCUT2D eigenvalue weighted by Gasteiger charge is -2.34. The van der Waals surface area contributed by atoms with Gasteiger partial charge < -0.3 is 19.7 Å². The largest absolute Gasteiger partial charge is 0.482 e. The Kier molecular flexibility index (Phi) is 6.79. The zero-order chi connectivity index (χ0) is 24.1. The summed E-state index contributed by atoms with van der Waals surface area (Å²) in [6.07, 6.45) is 0.278. The summed E-state index contributed by atoms with van der Waals surface area (Å²) in [5.74, 6) is -1.02. The van der Waals surface area contributed by atoms with E-state index in [2.05, 4.69) is 0 Å². The molecular formula is C26H24FNO6. The number of amides is 1. The zero-order valence-electron chi connectivity index (χ0n) is 18.3. The number of anilines is 2. The second-order valence-electron chi connectivity index (χ2n) is 8.18. The monoisotopic (exact) mass is 465 g/mol. The van der Waals surface area contributed by atoms with Crippen LogP contribution in [-0.4, -0.2) is 41.1 Å². The van der Waals surface area contributed by atoms with Crippen molar-refractivity contribution < 1.29 is 33.7 Å². The maximum atomic E-state index is 13.4. The normalized spacial score (nSPS) is 16.9. The van der Waals surface area contributed by atoms with Crippen molar-refractivity contribution in [3.8, 4) is 5.75 Å². The molecule has 0 bridgehead atoms. The third kappa shape index (κ3) is 5.35. The van der Waals surface area contributed by atoms with Gasteiger partial charge >= 0.3 is 12.1 Å². The Balaban J connectivity index is 1.49. The number of fused-ring (bicyclic) bond motifs is 1. The highest BCUT2D eigenvalue weighted by Gasteiger charge is 2.35. The van der Waals surface area contributed by atoms with Gasteiger partial charge in [0.15, 0.2) is 6.61 Å². The lowest BCUT2D eigenvalue weighted by atomic mass is 9.80. The molecule has 4 rings (SSSR count). The number of benzene rings is 3. The van der Waals surface area contributed by atoms with Gasteiger partial charge in [-0.2, -0.15) is 0 Å². The summed E-state index contributed by atoms with van der Waals surface area (Å²) in [4.78, 5) is 25.2. The second-order valence-corrected chi connectivity index (χ2v) is 8.18. The van der Waals surface area contributed by atoms with Crippen LogP contribution in [0.4, 0.5) is 20.6 Å². The molecule has 3 aromatic carbocycles. The number of aliphatic carboxylic acids is 1. The number of carboxylic acids is 1. The molecule has 0 spiro atoms. The number of hydrogen-bond donors (Lipinski definition) is 2. The van der Waals surface area contributed by atoms with Crippen molar-refractivity contribution >= 4 is 23.4 Å². The van der Waals surface area contributed by atoms with E-state index in [-0.39, 0.29) is 13.0 Å². The second kappa shape index (κ2) is 9.93. The molecule has 0 aromatic heterocycles. The number of carboxylic acid groups (broad SMARTS) is 1. The van der Waals surface area contributed by atoms with Crippen molar-refractivity contribution in [3.05, 3.63) is 89.7 Å². The maximum absolute atomic E-state index is 13.4. The third-order valence-corrected chi connectivity index (χ3v) is 5.69. The van der Waals surface area contributed by atoms with E-state index >= 15 is 0 Å². The molecule has 8 heteroatoms. The van der Waals surface area contributed by atoms with Crippen molar-refractivity contribution in [1.82, 2.24) is 0 Å². The van der Waals surface area contributed by atoms with Gasteiger partial charge in [0.25, 0.3) is 0 Å². The van der Waals surface area contributed by atoms with Crippen LogP contribution in [-0.2, 0) is 22.4 Å². The summed E-state index contributed by atoms with van der Waals surface area (Å²) < 4.78 is 24.3. The van der Waals surface area contributed by atoms with Crippen LogP contribution in [0.1, 0.15) is 17.5 Å². The summed E-state index contributed by atoms with van der Waals surface area (Å²) in [5, 5.41) is 20.0. The van der Waals surface area contributed by atoms with E-state index < -0.39 is 30.1 Å². The number of rotatable bonds is 7. The van der Waals surface area contributed by atoms with Crippen molar-refractivity contribution in [2.24, 2.45) is 0 Å². The molecule has 1 aliphatic rings. The number of aliphatic hydroxyl groups is 1. The highest BCUT2D eigenvalue weighted by atomic mass is 19.1. The summed E-state index contributed by atoms with van der Waals surface area (Å²) in [7, 11) is 0. The Morgan fingerprint density at radius 3 is 2.38 bits per heavy atom. The quantitative estimate of drug-likeness (QED) is 0.534. The van der Waals surface area contributed by atoms with E-state index in [1.165, 1.54) is 29.2 Å². The minimum atomic E-state index is -1.29. The minimum absolute atomic E-state index is 0.224. The molecule has 1 aliphatic carbocycles. The topological polar surface area (TPSA) is 96.3 Å². The Hall–Kier alpha value is -3.91. The summed E-state index contributed by atoms with van der Waals surface area (Å²) in [6.45, 7) is -0.687. The number of carbonyl (C=O) groups is 2. The molecule has 0 saturated carbocycles. The number of para-hydroxylation sites is 1. The predicted molar refractivity (Wildman–Crippen MR) is 123 cm³/mol. The van der Waals surface area contributed by atoms with Crippen molar-refractivity contribution in [1.29, 1.82) is 0 Å². The van der Waals surface area contributed by atoms with Crippen LogP contribution < -0.4 is 9.64 Å². The first-order valence-electron chi connectivity index (χ1n) is 10.8. The number of halogens is 1. The molecule has 0 fully saturated rings. The van der Waals surface area contributed by atoms with Crippen LogP contribution in [0.2, 0.25) is 0 Å². The van der Waals surface area contributed by atoms with Gasteiger partial charge in [0.2, 0.25) is 0 Å². The number of hydrogen-bond acceptors (Lipinski definition) is 5. The average molecular weight is 465 g/mol. The highest BCUT2D eigenvalue weighted by molar-refractivity contribution is 5.95. The van der Waals surface area contributed by atoms with E-state index in [0.29, 0.717) is 30.0 Å². The van der Waals surface area contributed by atoms with E-state index in [1.54, 1.807) is 36.4 Å². The molecule has 0 aliphatic heterocycles. The molecule has 0 saturated heterocycles. The molecule has 1 amide bonds. The van der Waals surface area contributed by atoms with Gasteiger partial charge in [0, 0.05) is 6.42 Å². The molecule has 176 valence electrons. The molecule has 1 atom stereocenters. The van der Waals surface area contributed by atoms with Gasteiger partial charge in [-0.25, -0.2) is 18.9 Å². The Morgan fingerprint density at radius 1 is 0.971 bits per heavy atom. The maximum Gasteiger partial charge on any atom is 0.419 e. The smallest absolute Gasteiger partial charge is 0.419 e. The van der Waals surface area contributed by atoms with Crippen LogP contribution in [0.5, 0.6) is 5.75 Å². The van der Waals surface area contributed by atoms with Crippen LogP contribution in [0.25, 0.3) is 0 Å². The molecule has 0 radical (unpaired) electrons. The fourth-order valence-corrected chi connectivity index (χ4v) is 4.05. The van der Waals surface area contributed by atoms with E-state index in [4.69, 9.17) is 14.6 Å². The van der Waals surface area contributed by atoms with Gasteiger partial charge in [-0.05, 0) is 66.4 Å². The first-order valence-corrected chi connectivity index (χ1v) is 10.8. The lowest BCUT2D eigenvalue weighted by Crippen LogP contribution is -2.42. The Bertz CT molecular complexity index is 1170. The van der Waals surface area contributed by atoms with Crippen LogP contribution in [0, 0.1) is 5.82 Å². The Morgan fingerprint density at radius 2 is 1.68 bits per heavy atom. The van der Waals surface area contributed by atoms with E-state index in [0.717, 1.165) is 11.1 Å². The first kappa shape index (κ1) is 23.3. The molecule has 34 heavy (non-hydrogen) atoms. The summed E-state index contributed by atoms with van der Waals surface area (Å²) >= 11 is 0. The zero-order valence-corrected chi connectivity index (χ0v) is 18.3. The molecule has 2 N–H and O–H groups in total. The average Bonchev–Trinajstić information content (AvgIpc) is 2.83. The van der Waals surface area contributed by atoms with Crippen molar-refractivity contribution in [3.63, 3.8) is 0 Å². The van der Waals surface area contributed by atoms with Crippen molar-refractivity contribution in [2.45, 2.75) is 24.9 Å². The van der Waals surface area contributed by atoms with Gasteiger partial charge in [-0.15, -0.1) is 0 Å². The molecule has 0 unspecified atom stereocenters. The van der Waals surface area contributed by atoms with Crippen LogP contribution >= 0.6 is 0 Å². The first-order chi connectivity index (χ1) is 16.3. The van der Waals surface area contributed by atoms with E-state index in [9.17, 15) is 19.1 Å². The third-order valence-electron chi connectivity index (χ3n) is 5.69. The molecular weight excluding hydrogens is 441 g/mol. The predicted octanol–water partition coefficient (Wildman–Crippen LogP) is 4.48. The van der Waals surface area contributed by atoms with Gasteiger partial charge in [-0.1, -0.05) is 30.3 Å². The molecule has 3 aromatic rings. The number of carbonyl (C=O) groups excluding carboxylic acids is 1. The van der Waals surface area contributed by atoms with Gasteiger partial charge in [0.1, 0.15) is 23.8 Å². The van der Waals surface area contributed by atoms with Gasteiger partial charge in [-0.3, -0.25) is 0 Å². The van der Waals surface area contributed by atoms with Crippen LogP contribution in [0.15, 0.2) is 72.8 Å². The summed E-state index contributed by atoms with van der Waals surface area (Å²) in [5.41, 5.74) is 1.33. The van der Waals surface area contributed by atoms with Crippen molar-refractivity contribution in [2.75, 3.05) is 18.1 Å². The highest BCUT2D eigenvalue weighted by Crippen LogP contribution is 2.35. The lowest BCUT2D eigenvalue weighted by molar-refractivity contribution is -0.139.